The molecular formula is C12H10N4O4. The van der Waals surface area contributed by atoms with E-state index in [1.165, 1.54) is 6.20 Å². The van der Waals surface area contributed by atoms with E-state index in [-0.39, 0.29) is 19.1 Å². The van der Waals surface area contributed by atoms with E-state index in [0.717, 1.165) is 0 Å². The van der Waals surface area contributed by atoms with Gasteiger partial charge in [0.2, 0.25) is 5.88 Å². The van der Waals surface area contributed by atoms with Gasteiger partial charge in [-0.1, -0.05) is 0 Å². The molecule has 0 bridgehead atoms. The highest BCUT2D eigenvalue weighted by Crippen LogP contribution is 2.19. The van der Waals surface area contributed by atoms with Crippen LogP contribution in [0.5, 0.6) is 5.88 Å². The van der Waals surface area contributed by atoms with Crippen molar-refractivity contribution in [2.45, 2.75) is 0 Å². The third-order valence-corrected chi connectivity index (χ3v) is 2.73. The summed E-state index contributed by atoms with van der Waals surface area (Å²) in [6, 6.07) is 3.28. The largest absolute Gasteiger partial charge is 0.474 e. The summed E-state index contributed by atoms with van der Waals surface area (Å²) in [5.41, 5.74) is 0.386. The normalized spacial score (nSPS) is 11.1. The Bertz CT molecular complexity index is 899. The van der Waals surface area contributed by atoms with Crippen LogP contribution in [0.3, 0.4) is 0 Å². The van der Waals surface area contributed by atoms with Crippen molar-refractivity contribution < 1.29 is 9.84 Å². The zero-order valence-electron chi connectivity index (χ0n) is 10.2. The van der Waals surface area contributed by atoms with Crippen molar-refractivity contribution >= 4 is 22.1 Å². The Hall–Kier alpha value is -2.74. The number of H-pyrrole nitrogens is 2. The van der Waals surface area contributed by atoms with Crippen LogP contribution in [0.15, 0.2) is 27.9 Å². The van der Waals surface area contributed by atoms with Gasteiger partial charge in [-0.05, 0) is 12.1 Å². The first-order chi connectivity index (χ1) is 9.69. The van der Waals surface area contributed by atoms with Gasteiger partial charge in [0, 0.05) is 0 Å². The van der Waals surface area contributed by atoms with Crippen molar-refractivity contribution in [2.75, 3.05) is 13.2 Å². The van der Waals surface area contributed by atoms with E-state index in [2.05, 4.69) is 19.9 Å². The molecular weight excluding hydrogens is 264 g/mol. The number of ether oxygens (including phenoxy) is 1. The second-order valence-corrected chi connectivity index (χ2v) is 4.04. The van der Waals surface area contributed by atoms with Crippen LogP contribution in [0.25, 0.3) is 22.1 Å². The van der Waals surface area contributed by atoms with Crippen LogP contribution in [-0.4, -0.2) is 38.3 Å². The topological polar surface area (TPSA) is 121 Å². The Balaban J connectivity index is 2.24. The predicted octanol–water partition coefficient (Wildman–Crippen LogP) is -0.469. The van der Waals surface area contributed by atoms with Crippen molar-refractivity contribution in [3.63, 3.8) is 0 Å². The zero-order valence-corrected chi connectivity index (χ0v) is 10.2. The lowest BCUT2D eigenvalue weighted by Gasteiger charge is -2.05. The molecule has 2 aromatic heterocycles. The van der Waals surface area contributed by atoms with Crippen LogP contribution in [0.4, 0.5) is 0 Å². The van der Waals surface area contributed by atoms with E-state index >= 15 is 0 Å². The predicted molar refractivity (Wildman–Crippen MR) is 70.9 cm³/mol. The summed E-state index contributed by atoms with van der Waals surface area (Å²) < 4.78 is 5.16. The molecule has 0 unspecified atom stereocenters. The van der Waals surface area contributed by atoms with Gasteiger partial charge in [0.25, 0.3) is 0 Å². The van der Waals surface area contributed by atoms with E-state index < -0.39 is 11.1 Å². The van der Waals surface area contributed by atoms with Gasteiger partial charge in [-0.25, -0.2) is 9.97 Å². The number of hydrogen-bond acceptors (Lipinski definition) is 6. The number of fused-ring (bicyclic) bond motifs is 3. The summed E-state index contributed by atoms with van der Waals surface area (Å²) in [4.78, 5) is 36.0. The maximum absolute atomic E-state index is 11.4. The summed E-state index contributed by atoms with van der Waals surface area (Å²) in [5.74, 6) is 0.276. The summed E-state index contributed by atoms with van der Waals surface area (Å²) in [6.07, 6.45) is 1.39. The molecule has 0 atom stereocenters. The molecule has 0 aliphatic rings. The van der Waals surface area contributed by atoms with Crippen molar-refractivity contribution in [1.29, 1.82) is 0 Å². The molecule has 0 amide bonds. The number of nitrogens with one attached hydrogen (secondary N) is 2. The molecule has 20 heavy (non-hydrogen) atoms. The van der Waals surface area contributed by atoms with Gasteiger partial charge in [-0.15, -0.1) is 0 Å². The zero-order chi connectivity index (χ0) is 14.1. The van der Waals surface area contributed by atoms with Gasteiger partial charge >= 0.3 is 11.1 Å². The summed E-state index contributed by atoms with van der Waals surface area (Å²) in [5, 5.41) is 8.69. The van der Waals surface area contributed by atoms with E-state index in [1.54, 1.807) is 12.1 Å². The first-order valence-electron chi connectivity index (χ1n) is 5.85. The summed E-state index contributed by atoms with van der Waals surface area (Å²) in [6.45, 7) is 0.00388. The van der Waals surface area contributed by atoms with E-state index in [0.29, 0.717) is 22.1 Å². The SMILES string of the molecule is O=c1[nH]c2ccc3nc(OCCO)cnc3c2[nH]c1=O. The van der Waals surface area contributed by atoms with Crippen LogP contribution in [0.1, 0.15) is 0 Å². The Kier molecular flexibility index (Phi) is 2.92. The first kappa shape index (κ1) is 12.3. The highest BCUT2D eigenvalue weighted by molar-refractivity contribution is 5.99. The Morgan fingerprint density at radius 3 is 2.80 bits per heavy atom. The maximum atomic E-state index is 11.4. The van der Waals surface area contributed by atoms with Crippen molar-refractivity contribution in [1.82, 2.24) is 19.9 Å². The quantitative estimate of drug-likeness (QED) is 0.438. The third kappa shape index (κ3) is 2.01. The molecule has 3 aromatic rings. The van der Waals surface area contributed by atoms with Crippen molar-refractivity contribution in [3.8, 4) is 5.88 Å². The number of aliphatic hydroxyl groups is 1. The van der Waals surface area contributed by atoms with Gasteiger partial charge in [0.15, 0.2) is 0 Å². The van der Waals surface area contributed by atoms with Gasteiger partial charge in [-0.2, -0.15) is 0 Å². The second-order valence-electron chi connectivity index (χ2n) is 4.04. The number of rotatable bonds is 3. The Labute approximate surface area is 111 Å². The highest BCUT2D eigenvalue weighted by atomic mass is 16.5. The molecule has 8 heteroatoms. The molecule has 8 nitrogen and oxygen atoms in total. The molecule has 2 heterocycles. The molecule has 0 aliphatic carbocycles. The molecule has 0 spiro atoms. The molecule has 0 fully saturated rings. The molecule has 3 N–H and O–H groups in total. The van der Waals surface area contributed by atoms with Crippen molar-refractivity contribution in [2.24, 2.45) is 0 Å². The average Bonchev–Trinajstić information content (AvgIpc) is 2.46. The fraction of sp³-hybridized carbons (Fsp3) is 0.167. The lowest BCUT2D eigenvalue weighted by atomic mass is 10.2. The van der Waals surface area contributed by atoms with Crippen LogP contribution >= 0.6 is 0 Å². The minimum absolute atomic E-state index is 0.119. The lowest BCUT2D eigenvalue weighted by molar-refractivity contribution is 0.196. The summed E-state index contributed by atoms with van der Waals surface area (Å²) >= 11 is 0. The van der Waals surface area contributed by atoms with Crippen LogP contribution in [-0.2, 0) is 0 Å². The number of benzene rings is 1. The monoisotopic (exact) mass is 274 g/mol. The van der Waals surface area contributed by atoms with E-state index in [9.17, 15) is 9.59 Å². The summed E-state index contributed by atoms with van der Waals surface area (Å²) in [7, 11) is 0. The van der Waals surface area contributed by atoms with Crippen LogP contribution in [0.2, 0.25) is 0 Å². The first-order valence-corrected chi connectivity index (χ1v) is 5.85. The smallest absolute Gasteiger partial charge is 0.314 e. The highest BCUT2D eigenvalue weighted by Gasteiger charge is 2.07. The molecule has 3 rings (SSSR count). The molecule has 1 aromatic carbocycles. The minimum Gasteiger partial charge on any atom is -0.474 e. The van der Waals surface area contributed by atoms with Crippen LogP contribution < -0.4 is 15.9 Å². The molecule has 102 valence electrons. The Morgan fingerprint density at radius 1 is 1.20 bits per heavy atom. The number of aromatic nitrogens is 4. The number of aliphatic hydroxyl groups excluding tert-OH is 1. The fourth-order valence-corrected chi connectivity index (χ4v) is 1.87. The van der Waals surface area contributed by atoms with Gasteiger partial charge in [-0.3, -0.25) is 9.59 Å². The van der Waals surface area contributed by atoms with Crippen molar-refractivity contribution in [3.05, 3.63) is 39.0 Å². The average molecular weight is 274 g/mol. The number of aromatic amines is 2. The van der Waals surface area contributed by atoms with E-state index in [4.69, 9.17) is 9.84 Å². The molecule has 0 saturated heterocycles. The minimum atomic E-state index is -0.743. The third-order valence-electron chi connectivity index (χ3n) is 2.73. The Morgan fingerprint density at radius 2 is 2.00 bits per heavy atom. The molecule has 0 saturated carbocycles. The maximum Gasteiger partial charge on any atom is 0.314 e. The standard InChI is InChI=1S/C12H10N4O4/c17-3-4-20-8-5-13-9-6(14-8)1-2-7-10(9)16-12(19)11(18)15-7/h1-2,5,17H,3-4H2,(H,15,18)(H,16,19). The fourth-order valence-electron chi connectivity index (χ4n) is 1.87. The number of hydrogen-bond donors (Lipinski definition) is 3. The van der Waals surface area contributed by atoms with Gasteiger partial charge in [0.05, 0.1) is 29.4 Å². The lowest BCUT2D eigenvalue weighted by Crippen LogP contribution is -2.29. The second kappa shape index (κ2) is 4.74. The molecule has 0 aliphatic heterocycles. The van der Waals surface area contributed by atoms with Crippen LogP contribution in [0, 0.1) is 0 Å². The van der Waals surface area contributed by atoms with Gasteiger partial charge < -0.3 is 19.8 Å². The molecule has 0 radical (unpaired) electrons. The van der Waals surface area contributed by atoms with Gasteiger partial charge in [0.1, 0.15) is 12.1 Å². The number of nitrogens with zero attached hydrogens (tertiary/aromatic N) is 2. The van der Waals surface area contributed by atoms with E-state index in [1.807, 2.05) is 0 Å².